The van der Waals surface area contributed by atoms with E-state index in [2.05, 4.69) is 5.32 Å². The third kappa shape index (κ3) is 6.01. The van der Waals surface area contributed by atoms with Crippen LogP contribution in [0.25, 0.3) is 0 Å². The maximum atomic E-state index is 13.8. The summed E-state index contributed by atoms with van der Waals surface area (Å²) in [5.74, 6) is 0. The monoisotopic (exact) mass is 594 g/mol. The van der Waals surface area contributed by atoms with Crippen LogP contribution in [-0.2, 0) is 16.6 Å². The Morgan fingerprint density at radius 3 is 2.07 bits per heavy atom. The van der Waals surface area contributed by atoms with Gasteiger partial charge in [-0.1, -0.05) is 47.0 Å². The van der Waals surface area contributed by atoms with Crippen LogP contribution in [-0.4, -0.2) is 24.7 Å². The Morgan fingerprint density at radius 1 is 1.00 bits per heavy atom. The Morgan fingerprint density at radius 2 is 1.57 bits per heavy atom. The van der Waals surface area contributed by atoms with Gasteiger partial charge >= 0.3 is 6.18 Å². The van der Waals surface area contributed by atoms with Crippen molar-refractivity contribution in [2.24, 2.45) is 0 Å². The van der Waals surface area contributed by atoms with E-state index in [4.69, 9.17) is 23.2 Å². The summed E-state index contributed by atoms with van der Waals surface area (Å²) in [5, 5.41) is 3.26. The Kier molecular flexibility index (Phi) is 8.13. The standard InChI is InChI=1S/C19H20Cl2F3IN2O2S/c1-11-6-12(2)17(13(3)7-11)30(28,29)27-18(25,19(22,23)24)10-26-9-14-4-5-15(20)16(21)8-14/h4-8,26-27H,9-10H2,1-3H3. The summed E-state index contributed by atoms with van der Waals surface area (Å²) < 4.78 is 66.4. The molecular formula is C19H20Cl2F3IN2O2S. The fraction of sp³-hybridized carbons (Fsp3) is 0.368. The number of aryl methyl sites for hydroxylation is 3. The van der Waals surface area contributed by atoms with Crippen LogP contribution < -0.4 is 10.0 Å². The number of nitrogens with one attached hydrogen (secondary N) is 2. The molecule has 0 saturated heterocycles. The molecule has 0 aliphatic carbocycles. The van der Waals surface area contributed by atoms with Crippen molar-refractivity contribution >= 4 is 55.8 Å². The van der Waals surface area contributed by atoms with Gasteiger partial charge in [0.1, 0.15) is 0 Å². The van der Waals surface area contributed by atoms with Gasteiger partial charge in [-0.2, -0.15) is 17.9 Å². The van der Waals surface area contributed by atoms with Crippen molar-refractivity contribution in [2.45, 2.75) is 41.9 Å². The van der Waals surface area contributed by atoms with E-state index in [-0.39, 0.29) is 16.5 Å². The molecule has 2 aromatic carbocycles. The van der Waals surface area contributed by atoms with Crippen LogP contribution in [0.4, 0.5) is 13.2 Å². The molecule has 0 radical (unpaired) electrons. The van der Waals surface area contributed by atoms with Gasteiger partial charge < -0.3 is 5.32 Å². The van der Waals surface area contributed by atoms with Gasteiger partial charge in [0.2, 0.25) is 10.0 Å². The zero-order chi connectivity index (χ0) is 22.9. The lowest BCUT2D eigenvalue weighted by atomic mass is 10.1. The Balaban J connectivity index is 2.27. The first-order chi connectivity index (χ1) is 13.7. The average Bonchev–Trinajstić information content (AvgIpc) is 2.55. The van der Waals surface area contributed by atoms with Gasteiger partial charge in [-0.15, -0.1) is 0 Å². The quantitative estimate of drug-likeness (QED) is 0.246. The van der Waals surface area contributed by atoms with Crippen molar-refractivity contribution in [1.82, 2.24) is 10.0 Å². The SMILES string of the molecule is Cc1cc(C)c(S(=O)(=O)NC(I)(CNCc2ccc(Cl)c(Cl)c2)C(F)(F)F)c(C)c1. The van der Waals surface area contributed by atoms with Gasteiger partial charge in [0.25, 0.3) is 0 Å². The third-order valence-electron chi connectivity index (χ3n) is 4.30. The van der Waals surface area contributed by atoms with Gasteiger partial charge in [0.05, 0.1) is 14.9 Å². The molecule has 30 heavy (non-hydrogen) atoms. The summed E-state index contributed by atoms with van der Waals surface area (Å²) in [6.45, 7) is 4.25. The summed E-state index contributed by atoms with van der Waals surface area (Å²) in [5.41, 5.74) is 2.19. The molecule has 0 spiro atoms. The van der Waals surface area contributed by atoms with Crippen molar-refractivity contribution < 1.29 is 21.6 Å². The predicted octanol–water partition coefficient (Wildman–Crippen LogP) is 5.68. The molecule has 4 nitrogen and oxygen atoms in total. The van der Waals surface area contributed by atoms with Crippen LogP contribution in [0, 0.1) is 20.8 Å². The summed E-state index contributed by atoms with van der Waals surface area (Å²) in [7, 11) is -4.44. The zero-order valence-corrected chi connectivity index (χ0v) is 20.8. The molecule has 0 aliphatic heterocycles. The normalized spacial score (nSPS) is 14.6. The van der Waals surface area contributed by atoms with Gasteiger partial charge in [-0.05, 0) is 72.2 Å². The molecule has 2 aromatic rings. The molecular weight excluding hydrogens is 575 g/mol. The minimum atomic E-state index is -4.85. The van der Waals surface area contributed by atoms with E-state index in [0.29, 0.717) is 21.7 Å². The molecule has 0 aromatic heterocycles. The van der Waals surface area contributed by atoms with Crippen LogP contribution in [0.1, 0.15) is 22.3 Å². The lowest BCUT2D eigenvalue weighted by molar-refractivity contribution is -0.155. The fourth-order valence-electron chi connectivity index (χ4n) is 3.08. The number of alkyl halides is 4. The van der Waals surface area contributed by atoms with Gasteiger partial charge in [0, 0.05) is 13.1 Å². The van der Waals surface area contributed by atoms with E-state index in [1.54, 1.807) is 39.0 Å². The van der Waals surface area contributed by atoms with E-state index in [1.807, 2.05) is 4.72 Å². The molecule has 0 aliphatic rings. The van der Waals surface area contributed by atoms with E-state index >= 15 is 0 Å². The second kappa shape index (κ2) is 9.50. The van der Waals surface area contributed by atoms with Crippen molar-refractivity contribution in [1.29, 1.82) is 0 Å². The first-order valence-electron chi connectivity index (χ1n) is 8.68. The zero-order valence-electron chi connectivity index (χ0n) is 16.3. The number of halogens is 6. The largest absolute Gasteiger partial charge is 0.418 e. The van der Waals surface area contributed by atoms with Crippen LogP contribution in [0.5, 0.6) is 0 Å². The van der Waals surface area contributed by atoms with Crippen molar-refractivity contribution in [2.75, 3.05) is 6.54 Å². The summed E-state index contributed by atoms with van der Waals surface area (Å²) in [4.78, 5) is -0.150. The topological polar surface area (TPSA) is 58.2 Å². The number of hydrogen-bond donors (Lipinski definition) is 2. The Hall–Kier alpha value is -0.590. The molecule has 0 saturated carbocycles. The predicted molar refractivity (Wildman–Crippen MR) is 122 cm³/mol. The van der Waals surface area contributed by atoms with Crippen molar-refractivity contribution in [3.63, 3.8) is 0 Å². The number of benzene rings is 2. The molecule has 11 heteroatoms. The van der Waals surface area contributed by atoms with Crippen molar-refractivity contribution in [3.05, 3.63) is 62.6 Å². The molecule has 0 fully saturated rings. The van der Waals surface area contributed by atoms with E-state index in [1.165, 1.54) is 12.1 Å². The maximum absolute atomic E-state index is 13.8. The van der Waals surface area contributed by atoms with Crippen LogP contribution in [0.2, 0.25) is 10.0 Å². The highest BCUT2D eigenvalue weighted by Gasteiger charge is 2.55. The third-order valence-corrected chi connectivity index (χ3v) is 8.47. The number of hydrogen-bond acceptors (Lipinski definition) is 3. The lowest BCUT2D eigenvalue weighted by Gasteiger charge is -2.31. The molecule has 1 unspecified atom stereocenters. The summed E-state index contributed by atoms with van der Waals surface area (Å²) in [6.07, 6.45) is -4.85. The first kappa shape index (κ1) is 25.7. The highest BCUT2D eigenvalue weighted by atomic mass is 127. The number of sulfonamides is 1. The van der Waals surface area contributed by atoms with Gasteiger partial charge in [0.15, 0.2) is 3.55 Å². The van der Waals surface area contributed by atoms with Crippen molar-refractivity contribution in [3.8, 4) is 0 Å². The first-order valence-corrected chi connectivity index (χ1v) is 12.0. The fourth-order valence-corrected chi connectivity index (χ4v) is 6.22. The molecule has 2 rings (SSSR count). The molecule has 0 amide bonds. The van der Waals surface area contributed by atoms with Crippen LogP contribution >= 0.6 is 45.8 Å². The Bertz CT molecular complexity index is 1030. The minimum absolute atomic E-state index is 0.0437. The molecule has 2 N–H and O–H groups in total. The molecule has 0 heterocycles. The van der Waals surface area contributed by atoms with Crippen LogP contribution in [0.3, 0.4) is 0 Å². The highest BCUT2D eigenvalue weighted by Crippen LogP contribution is 2.38. The van der Waals surface area contributed by atoms with Crippen LogP contribution in [0.15, 0.2) is 35.2 Å². The minimum Gasteiger partial charge on any atom is -0.310 e. The molecule has 166 valence electrons. The smallest absolute Gasteiger partial charge is 0.310 e. The number of rotatable bonds is 7. The maximum Gasteiger partial charge on any atom is 0.418 e. The second-order valence-electron chi connectivity index (χ2n) is 6.98. The average molecular weight is 595 g/mol. The highest BCUT2D eigenvalue weighted by molar-refractivity contribution is 14.1. The summed E-state index contributed by atoms with van der Waals surface area (Å²) in [6, 6.07) is 7.92. The van der Waals surface area contributed by atoms with Gasteiger partial charge in [-0.3, -0.25) is 0 Å². The van der Waals surface area contributed by atoms with E-state index < -0.39 is 26.3 Å². The molecule has 1 atom stereocenters. The van der Waals surface area contributed by atoms with Gasteiger partial charge in [-0.25, -0.2) is 8.42 Å². The molecule has 0 bridgehead atoms. The Labute approximate surface area is 197 Å². The van der Waals surface area contributed by atoms with E-state index in [0.717, 1.165) is 28.2 Å². The van der Waals surface area contributed by atoms with E-state index in [9.17, 15) is 21.6 Å². The lowest BCUT2D eigenvalue weighted by Crippen LogP contribution is -2.59. The summed E-state index contributed by atoms with van der Waals surface area (Å²) >= 11 is 12.8. The second-order valence-corrected chi connectivity index (χ2v) is 11.3.